The number of unbranched alkanes of at least 4 members (excludes halogenated alkanes) is 1. The molecule has 2 nitrogen and oxygen atoms in total. The van der Waals surface area contributed by atoms with Crippen molar-refractivity contribution < 1.29 is 0 Å². The molecular weight excluding hydrogens is 220 g/mol. The Balaban J connectivity index is 1.78. The molecule has 0 amide bonds. The number of rotatable bonds is 6. The SMILES string of the molecule is CCCC[C@H](N)CN1CCC(c2ccccc2)C1. The Morgan fingerprint density at radius 1 is 1.33 bits per heavy atom. The third kappa shape index (κ3) is 3.82. The summed E-state index contributed by atoms with van der Waals surface area (Å²) in [6, 6.07) is 11.3. The van der Waals surface area contributed by atoms with Gasteiger partial charge in [0.2, 0.25) is 0 Å². The Morgan fingerprint density at radius 2 is 2.11 bits per heavy atom. The van der Waals surface area contributed by atoms with Crippen molar-refractivity contribution in [3.8, 4) is 0 Å². The van der Waals surface area contributed by atoms with Crippen LogP contribution in [0.5, 0.6) is 0 Å². The maximum atomic E-state index is 6.18. The van der Waals surface area contributed by atoms with E-state index in [0.29, 0.717) is 12.0 Å². The van der Waals surface area contributed by atoms with E-state index >= 15 is 0 Å². The smallest absolute Gasteiger partial charge is 0.0167 e. The van der Waals surface area contributed by atoms with Crippen molar-refractivity contribution in [3.63, 3.8) is 0 Å². The summed E-state index contributed by atoms with van der Waals surface area (Å²) in [6.45, 7) is 5.70. The zero-order chi connectivity index (χ0) is 12.8. The van der Waals surface area contributed by atoms with Gasteiger partial charge in [0.15, 0.2) is 0 Å². The average molecular weight is 246 g/mol. The molecule has 1 aliphatic rings. The molecule has 18 heavy (non-hydrogen) atoms. The van der Waals surface area contributed by atoms with Crippen LogP contribution in [0.2, 0.25) is 0 Å². The Labute approximate surface area is 111 Å². The maximum Gasteiger partial charge on any atom is 0.0167 e. The molecule has 1 heterocycles. The molecule has 1 aromatic carbocycles. The van der Waals surface area contributed by atoms with Crippen molar-refractivity contribution in [2.45, 2.75) is 44.6 Å². The van der Waals surface area contributed by atoms with Gasteiger partial charge in [-0.25, -0.2) is 0 Å². The van der Waals surface area contributed by atoms with Crippen LogP contribution in [0.15, 0.2) is 30.3 Å². The molecule has 1 fully saturated rings. The summed E-state index contributed by atoms with van der Waals surface area (Å²) >= 11 is 0. The molecule has 0 bridgehead atoms. The lowest BCUT2D eigenvalue weighted by atomic mass is 9.99. The van der Waals surface area contributed by atoms with Crippen LogP contribution in [0.1, 0.15) is 44.1 Å². The molecule has 0 spiro atoms. The summed E-state index contributed by atoms with van der Waals surface area (Å²) in [5.41, 5.74) is 7.67. The van der Waals surface area contributed by atoms with Crippen LogP contribution in [-0.4, -0.2) is 30.6 Å². The molecule has 2 atom stereocenters. The van der Waals surface area contributed by atoms with Crippen molar-refractivity contribution in [1.82, 2.24) is 4.90 Å². The normalized spacial score (nSPS) is 22.2. The molecule has 2 N–H and O–H groups in total. The monoisotopic (exact) mass is 246 g/mol. The molecule has 1 saturated heterocycles. The second-order valence-electron chi connectivity index (χ2n) is 5.56. The highest BCUT2D eigenvalue weighted by atomic mass is 15.2. The molecule has 0 saturated carbocycles. The van der Waals surface area contributed by atoms with Crippen LogP contribution in [-0.2, 0) is 0 Å². The third-order valence-corrected chi connectivity index (χ3v) is 3.96. The first-order chi connectivity index (χ1) is 8.79. The Morgan fingerprint density at radius 3 is 2.83 bits per heavy atom. The number of benzene rings is 1. The van der Waals surface area contributed by atoms with E-state index in [-0.39, 0.29) is 0 Å². The summed E-state index contributed by atoms with van der Waals surface area (Å²) in [4.78, 5) is 2.54. The quantitative estimate of drug-likeness (QED) is 0.836. The standard InChI is InChI=1S/C16H26N2/c1-2-3-9-16(17)13-18-11-10-15(12-18)14-7-5-4-6-8-14/h4-8,15-16H,2-3,9-13,17H2,1H3/t15?,16-/m0/s1. The molecule has 0 aromatic heterocycles. The summed E-state index contributed by atoms with van der Waals surface area (Å²) in [5, 5.41) is 0. The van der Waals surface area contributed by atoms with Gasteiger partial charge in [0.05, 0.1) is 0 Å². The van der Waals surface area contributed by atoms with E-state index in [0.717, 1.165) is 6.54 Å². The highest BCUT2D eigenvalue weighted by Crippen LogP contribution is 2.26. The molecule has 2 heteroatoms. The zero-order valence-corrected chi connectivity index (χ0v) is 11.5. The highest BCUT2D eigenvalue weighted by molar-refractivity contribution is 5.21. The van der Waals surface area contributed by atoms with E-state index in [1.807, 2.05) is 0 Å². The zero-order valence-electron chi connectivity index (χ0n) is 11.5. The summed E-state index contributed by atoms with van der Waals surface area (Å²) in [5.74, 6) is 0.713. The lowest BCUT2D eigenvalue weighted by Gasteiger charge is -2.20. The van der Waals surface area contributed by atoms with E-state index in [1.165, 1.54) is 44.3 Å². The fourth-order valence-corrected chi connectivity index (χ4v) is 2.89. The van der Waals surface area contributed by atoms with E-state index in [9.17, 15) is 0 Å². The van der Waals surface area contributed by atoms with Gasteiger partial charge in [-0.05, 0) is 30.9 Å². The molecule has 1 aliphatic heterocycles. The van der Waals surface area contributed by atoms with Crippen LogP contribution < -0.4 is 5.73 Å². The van der Waals surface area contributed by atoms with Crippen LogP contribution >= 0.6 is 0 Å². The largest absolute Gasteiger partial charge is 0.327 e. The number of nitrogens with two attached hydrogens (primary N) is 1. The maximum absolute atomic E-state index is 6.18. The van der Waals surface area contributed by atoms with E-state index < -0.39 is 0 Å². The van der Waals surface area contributed by atoms with Crippen LogP contribution in [0.4, 0.5) is 0 Å². The molecule has 1 aromatic rings. The van der Waals surface area contributed by atoms with Gasteiger partial charge < -0.3 is 10.6 Å². The molecule has 2 rings (SSSR count). The second-order valence-corrected chi connectivity index (χ2v) is 5.56. The summed E-state index contributed by atoms with van der Waals surface area (Å²) in [7, 11) is 0. The van der Waals surface area contributed by atoms with Gasteiger partial charge in [0.1, 0.15) is 0 Å². The number of hydrogen-bond acceptors (Lipinski definition) is 2. The molecule has 1 unspecified atom stereocenters. The number of hydrogen-bond donors (Lipinski definition) is 1. The van der Waals surface area contributed by atoms with Crippen molar-refractivity contribution in [2.24, 2.45) is 5.73 Å². The van der Waals surface area contributed by atoms with Gasteiger partial charge >= 0.3 is 0 Å². The minimum atomic E-state index is 0.361. The topological polar surface area (TPSA) is 29.3 Å². The van der Waals surface area contributed by atoms with Crippen LogP contribution in [0.3, 0.4) is 0 Å². The van der Waals surface area contributed by atoms with Crippen LogP contribution in [0.25, 0.3) is 0 Å². The van der Waals surface area contributed by atoms with E-state index in [1.54, 1.807) is 0 Å². The Kier molecular flexibility index (Phi) is 5.21. The van der Waals surface area contributed by atoms with Gasteiger partial charge in [-0.3, -0.25) is 0 Å². The van der Waals surface area contributed by atoms with Crippen molar-refractivity contribution >= 4 is 0 Å². The fourth-order valence-electron chi connectivity index (χ4n) is 2.89. The first-order valence-electron chi connectivity index (χ1n) is 7.32. The third-order valence-electron chi connectivity index (χ3n) is 3.96. The molecule has 0 aliphatic carbocycles. The fraction of sp³-hybridized carbons (Fsp3) is 0.625. The van der Waals surface area contributed by atoms with Crippen molar-refractivity contribution in [3.05, 3.63) is 35.9 Å². The number of nitrogens with zero attached hydrogens (tertiary/aromatic N) is 1. The Bertz CT molecular complexity index is 336. The minimum absolute atomic E-state index is 0.361. The lowest BCUT2D eigenvalue weighted by molar-refractivity contribution is 0.302. The van der Waals surface area contributed by atoms with E-state index in [4.69, 9.17) is 5.73 Å². The van der Waals surface area contributed by atoms with Gasteiger partial charge in [-0.2, -0.15) is 0 Å². The number of likely N-dealkylation sites (tertiary alicyclic amines) is 1. The molecule has 100 valence electrons. The van der Waals surface area contributed by atoms with E-state index in [2.05, 4.69) is 42.2 Å². The first kappa shape index (κ1) is 13.6. The Hall–Kier alpha value is -0.860. The second kappa shape index (κ2) is 6.91. The molecular formula is C16H26N2. The van der Waals surface area contributed by atoms with Gasteiger partial charge in [0, 0.05) is 19.1 Å². The van der Waals surface area contributed by atoms with Gasteiger partial charge in [-0.1, -0.05) is 50.1 Å². The molecule has 0 radical (unpaired) electrons. The highest BCUT2D eigenvalue weighted by Gasteiger charge is 2.24. The van der Waals surface area contributed by atoms with Crippen molar-refractivity contribution in [2.75, 3.05) is 19.6 Å². The summed E-state index contributed by atoms with van der Waals surface area (Å²) in [6.07, 6.45) is 4.96. The predicted molar refractivity (Wildman–Crippen MR) is 77.7 cm³/mol. The van der Waals surface area contributed by atoms with Crippen LogP contribution in [0, 0.1) is 0 Å². The van der Waals surface area contributed by atoms with Crippen molar-refractivity contribution in [1.29, 1.82) is 0 Å². The average Bonchev–Trinajstić information content (AvgIpc) is 2.86. The predicted octanol–water partition coefficient (Wildman–Crippen LogP) is 2.99. The van der Waals surface area contributed by atoms with Gasteiger partial charge in [-0.15, -0.1) is 0 Å². The first-order valence-corrected chi connectivity index (χ1v) is 7.32. The van der Waals surface area contributed by atoms with Gasteiger partial charge in [0.25, 0.3) is 0 Å². The minimum Gasteiger partial charge on any atom is -0.327 e. The summed E-state index contributed by atoms with van der Waals surface area (Å²) < 4.78 is 0. The lowest BCUT2D eigenvalue weighted by Crippen LogP contribution is -2.36.